The fourth-order valence-electron chi connectivity index (χ4n) is 2.37. The molecule has 2 fully saturated rings. The second kappa shape index (κ2) is 3.75. The summed E-state index contributed by atoms with van der Waals surface area (Å²) in [6.45, 7) is 3.33. The molecule has 0 spiro atoms. The van der Waals surface area contributed by atoms with Crippen molar-refractivity contribution in [1.82, 2.24) is 10.2 Å². The minimum absolute atomic E-state index is 0.244. The Morgan fingerprint density at radius 2 is 1.87 bits per heavy atom. The summed E-state index contributed by atoms with van der Waals surface area (Å²) in [6.07, 6.45) is 1.10. The molecule has 2 heterocycles. The van der Waals surface area contributed by atoms with Crippen LogP contribution in [0.3, 0.4) is 0 Å². The summed E-state index contributed by atoms with van der Waals surface area (Å²) < 4.78 is 22.0. The Morgan fingerprint density at radius 3 is 2.33 bits per heavy atom. The van der Waals surface area contributed by atoms with Gasteiger partial charge in [-0.1, -0.05) is 0 Å². The van der Waals surface area contributed by atoms with Gasteiger partial charge >= 0.3 is 0 Å². The van der Waals surface area contributed by atoms with Crippen LogP contribution in [0.4, 0.5) is 0 Å². The molecule has 2 atom stereocenters. The quantitative estimate of drug-likeness (QED) is 0.643. The van der Waals surface area contributed by atoms with Gasteiger partial charge in [-0.2, -0.15) is 0 Å². The predicted octanol–water partition coefficient (Wildman–Crippen LogP) is -1.29. The maximum absolute atomic E-state index is 11.6. The predicted molar refractivity (Wildman–Crippen MR) is 56.1 cm³/mol. The van der Waals surface area contributed by atoms with Gasteiger partial charge in [-0.15, -0.1) is 0 Å². The zero-order valence-corrected chi connectivity index (χ0v) is 9.59. The van der Waals surface area contributed by atoms with Gasteiger partial charge in [-0.05, 0) is 11.8 Å². The van der Waals surface area contributed by atoms with E-state index in [2.05, 4.69) is 5.32 Å². The summed E-state index contributed by atoms with van der Waals surface area (Å²) in [4.78, 5) is 13.3. The first kappa shape index (κ1) is 10.9. The van der Waals surface area contributed by atoms with Crippen molar-refractivity contribution in [2.24, 2.45) is 11.8 Å². The number of hydrogen-bond acceptors (Lipinski definition) is 4. The molecule has 0 radical (unpaired) electrons. The lowest BCUT2D eigenvalue weighted by atomic mass is 10.0. The van der Waals surface area contributed by atoms with Crippen LogP contribution in [0.2, 0.25) is 0 Å². The number of sulfone groups is 1. The molecule has 0 aromatic rings. The molecule has 0 aliphatic carbocycles. The van der Waals surface area contributed by atoms with Crippen LogP contribution in [0.15, 0.2) is 0 Å². The van der Waals surface area contributed by atoms with E-state index in [1.54, 1.807) is 4.90 Å². The number of rotatable bonds is 2. The Hall–Kier alpha value is -0.620. The third kappa shape index (κ3) is 2.49. The van der Waals surface area contributed by atoms with Crippen LogP contribution in [0.25, 0.3) is 0 Å². The number of nitrogens with zero attached hydrogens (tertiary/aromatic N) is 1. The van der Waals surface area contributed by atoms with Gasteiger partial charge < -0.3 is 10.2 Å². The van der Waals surface area contributed by atoms with Gasteiger partial charge in [0.25, 0.3) is 0 Å². The average Bonchev–Trinajstić information content (AvgIpc) is 2.56. The number of hydrogen-bond donors (Lipinski definition) is 1. The van der Waals surface area contributed by atoms with Crippen LogP contribution in [-0.4, -0.2) is 57.4 Å². The second-order valence-corrected chi connectivity index (χ2v) is 6.69. The molecule has 2 aliphatic rings. The lowest BCUT2D eigenvalue weighted by Gasteiger charge is -2.16. The van der Waals surface area contributed by atoms with E-state index in [1.165, 1.54) is 0 Å². The number of amides is 1. The van der Waals surface area contributed by atoms with E-state index in [9.17, 15) is 13.2 Å². The standard InChI is InChI=1S/C9H16N2O3S/c1-15(13,14)6-9(12)11-4-7-2-10-3-8(7)5-11/h7-8,10H,2-6H2,1H3/t7-,8+. The lowest BCUT2D eigenvalue weighted by molar-refractivity contribution is -0.127. The zero-order valence-electron chi connectivity index (χ0n) is 8.77. The van der Waals surface area contributed by atoms with Crippen molar-refractivity contribution in [1.29, 1.82) is 0 Å². The van der Waals surface area contributed by atoms with Crippen LogP contribution in [0.1, 0.15) is 0 Å². The van der Waals surface area contributed by atoms with Crippen LogP contribution < -0.4 is 5.32 Å². The van der Waals surface area contributed by atoms with E-state index < -0.39 is 9.84 Å². The molecular weight excluding hydrogens is 216 g/mol. The monoisotopic (exact) mass is 232 g/mol. The van der Waals surface area contributed by atoms with Gasteiger partial charge in [0.2, 0.25) is 5.91 Å². The molecule has 0 aromatic carbocycles. The Bertz CT molecular complexity index is 354. The van der Waals surface area contributed by atoms with Crippen molar-refractivity contribution in [3.8, 4) is 0 Å². The third-order valence-corrected chi connectivity index (χ3v) is 3.90. The van der Waals surface area contributed by atoms with E-state index in [0.29, 0.717) is 24.9 Å². The molecule has 2 rings (SSSR count). The normalized spacial score (nSPS) is 30.6. The summed E-state index contributed by atoms with van der Waals surface area (Å²) in [5.41, 5.74) is 0. The van der Waals surface area contributed by atoms with Crippen molar-refractivity contribution < 1.29 is 13.2 Å². The summed E-state index contributed by atoms with van der Waals surface area (Å²) >= 11 is 0. The highest BCUT2D eigenvalue weighted by atomic mass is 32.2. The van der Waals surface area contributed by atoms with Gasteiger partial charge in [0.05, 0.1) is 0 Å². The van der Waals surface area contributed by atoms with Crippen molar-refractivity contribution >= 4 is 15.7 Å². The van der Waals surface area contributed by atoms with Crippen LogP contribution >= 0.6 is 0 Å². The molecule has 0 unspecified atom stereocenters. The van der Waals surface area contributed by atoms with Gasteiger partial charge in [-0.25, -0.2) is 8.42 Å². The van der Waals surface area contributed by atoms with Gasteiger partial charge in [0.1, 0.15) is 5.75 Å². The molecule has 1 N–H and O–H groups in total. The summed E-state index contributed by atoms with van der Waals surface area (Å²) in [6, 6.07) is 0. The molecule has 2 aliphatic heterocycles. The van der Waals surface area contributed by atoms with Crippen LogP contribution in [0.5, 0.6) is 0 Å². The Labute approximate surface area is 89.7 Å². The molecule has 15 heavy (non-hydrogen) atoms. The Kier molecular flexibility index (Phi) is 2.72. The van der Waals surface area contributed by atoms with Gasteiger partial charge in [-0.3, -0.25) is 4.79 Å². The highest BCUT2D eigenvalue weighted by Crippen LogP contribution is 2.26. The third-order valence-electron chi connectivity index (χ3n) is 3.13. The van der Waals surface area contributed by atoms with Crippen LogP contribution in [0, 0.1) is 11.8 Å². The van der Waals surface area contributed by atoms with E-state index in [1.807, 2.05) is 0 Å². The maximum Gasteiger partial charge on any atom is 0.237 e. The molecule has 5 nitrogen and oxygen atoms in total. The molecular formula is C9H16N2O3S. The summed E-state index contributed by atoms with van der Waals surface area (Å²) in [5.74, 6) is 0.453. The Morgan fingerprint density at radius 1 is 1.33 bits per heavy atom. The smallest absolute Gasteiger partial charge is 0.237 e. The first-order chi connectivity index (χ1) is 6.96. The van der Waals surface area contributed by atoms with Gasteiger partial charge in [0, 0.05) is 32.4 Å². The number of carbonyl (C=O) groups excluding carboxylic acids is 1. The fraction of sp³-hybridized carbons (Fsp3) is 0.889. The maximum atomic E-state index is 11.6. The van der Waals surface area contributed by atoms with Crippen molar-refractivity contribution in [2.75, 3.05) is 38.2 Å². The van der Waals surface area contributed by atoms with Crippen molar-refractivity contribution in [3.63, 3.8) is 0 Å². The first-order valence-electron chi connectivity index (χ1n) is 5.12. The SMILES string of the molecule is CS(=O)(=O)CC(=O)N1C[C@H]2CNC[C@H]2C1. The lowest BCUT2D eigenvalue weighted by Crippen LogP contribution is -2.35. The molecule has 86 valence electrons. The average molecular weight is 232 g/mol. The van der Waals surface area contributed by atoms with E-state index in [-0.39, 0.29) is 11.7 Å². The summed E-state index contributed by atoms with van der Waals surface area (Å²) in [7, 11) is -3.19. The molecule has 2 saturated heterocycles. The molecule has 6 heteroatoms. The van der Waals surface area contributed by atoms with E-state index in [4.69, 9.17) is 0 Å². The number of nitrogens with one attached hydrogen (secondary N) is 1. The highest BCUT2D eigenvalue weighted by Gasteiger charge is 2.38. The number of fused-ring (bicyclic) bond motifs is 1. The molecule has 1 amide bonds. The minimum atomic E-state index is -3.19. The first-order valence-corrected chi connectivity index (χ1v) is 7.18. The molecule has 0 saturated carbocycles. The van der Waals surface area contributed by atoms with E-state index in [0.717, 1.165) is 19.3 Å². The molecule has 0 aromatic heterocycles. The highest BCUT2D eigenvalue weighted by molar-refractivity contribution is 7.91. The van der Waals surface area contributed by atoms with Gasteiger partial charge in [0.15, 0.2) is 9.84 Å². The zero-order chi connectivity index (χ0) is 11.1. The second-order valence-electron chi connectivity index (χ2n) is 4.55. The number of likely N-dealkylation sites (tertiary alicyclic amines) is 1. The number of carbonyl (C=O) groups is 1. The van der Waals surface area contributed by atoms with Crippen LogP contribution in [-0.2, 0) is 14.6 Å². The van der Waals surface area contributed by atoms with Crippen molar-refractivity contribution in [3.05, 3.63) is 0 Å². The fourth-order valence-corrected chi connectivity index (χ4v) is 3.01. The Balaban J connectivity index is 1.94. The van der Waals surface area contributed by atoms with E-state index >= 15 is 0 Å². The summed E-state index contributed by atoms with van der Waals surface area (Å²) in [5, 5.41) is 3.28. The van der Waals surface area contributed by atoms with Crippen molar-refractivity contribution in [2.45, 2.75) is 0 Å². The minimum Gasteiger partial charge on any atom is -0.341 e. The largest absolute Gasteiger partial charge is 0.341 e. The molecule has 0 bridgehead atoms. The topological polar surface area (TPSA) is 66.5 Å².